The van der Waals surface area contributed by atoms with E-state index in [-0.39, 0.29) is 18.4 Å². The predicted octanol–water partition coefficient (Wildman–Crippen LogP) is 4.40. The van der Waals surface area contributed by atoms with Crippen LogP contribution < -0.4 is 5.73 Å². The van der Waals surface area contributed by atoms with Crippen LogP contribution in [0.2, 0.25) is 0 Å². The van der Waals surface area contributed by atoms with E-state index in [1.807, 2.05) is 12.1 Å². The second kappa shape index (κ2) is 6.78. The van der Waals surface area contributed by atoms with Crippen LogP contribution in [0.3, 0.4) is 0 Å². The first-order valence-corrected chi connectivity index (χ1v) is 6.54. The number of rotatable bonds is 4. The van der Waals surface area contributed by atoms with Crippen molar-refractivity contribution >= 4 is 23.2 Å². The average Bonchev–Trinajstić information content (AvgIpc) is 2.35. The van der Waals surface area contributed by atoms with Crippen LogP contribution in [0.25, 0.3) is 10.8 Å². The highest BCUT2D eigenvalue weighted by molar-refractivity contribution is 5.85. The average molecular weight is 280 g/mol. The van der Waals surface area contributed by atoms with Crippen molar-refractivity contribution in [1.82, 2.24) is 0 Å². The maximum atomic E-state index is 9.43. The summed E-state index contributed by atoms with van der Waals surface area (Å²) in [5, 5.41) is 11.6. The third-order valence-corrected chi connectivity index (χ3v) is 3.33. The van der Waals surface area contributed by atoms with Crippen molar-refractivity contribution < 1.29 is 5.11 Å². The zero-order chi connectivity index (χ0) is 13.1. The third-order valence-electron chi connectivity index (χ3n) is 3.33. The lowest BCUT2D eigenvalue weighted by Gasteiger charge is -2.14. The Morgan fingerprint density at radius 1 is 1.00 bits per heavy atom. The van der Waals surface area contributed by atoms with Gasteiger partial charge in [-0.2, -0.15) is 0 Å². The molecular weight excluding hydrogens is 258 g/mol. The van der Waals surface area contributed by atoms with Crippen molar-refractivity contribution in [1.29, 1.82) is 0 Å². The van der Waals surface area contributed by atoms with Gasteiger partial charge in [0.05, 0.1) is 0 Å². The Balaban J connectivity index is 0.00000180. The van der Waals surface area contributed by atoms with E-state index in [9.17, 15) is 5.11 Å². The van der Waals surface area contributed by atoms with Gasteiger partial charge in [0.25, 0.3) is 0 Å². The summed E-state index contributed by atoms with van der Waals surface area (Å²) < 4.78 is 0. The topological polar surface area (TPSA) is 46.2 Å². The van der Waals surface area contributed by atoms with E-state index in [1.54, 1.807) is 12.1 Å². The van der Waals surface area contributed by atoms with Gasteiger partial charge in [-0.1, -0.05) is 32.0 Å². The van der Waals surface area contributed by atoms with Gasteiger partial charge in [-0.25, -0.2) is 0 Å². The summed E-state index contributed by atoms with van der Waals surface area (Å²) in [7, 11) is 0. The van der Waals surface area contributed by atoms with E-state index >= 15 is 0 Å². The molecule has 0 spiro atoms. The molecule has 0 aliphatic heterocycles. The first kappa shape index (κ1) is 15.8. The molecule has 2 nitrogen and oxygen atoms in total. The first-order chi connectivity index (χ1) is 8.56. The molecule has 104 valence electrons. The van der Waals surface area contributed by atoms with Crippen molar-refractivity contribution in [2.75, 3.05) is 0 Å². The van der Waals surface area contributed by atoms with Crippen molar-refractivity contribution in [3.8, 4) is 5.75 Å². The van der Waals surface area contributed by atoms with Crippen LogP contribution in [0.4, 0.5) is 0 Å². The number of phenols is 1. The number of nitrogens with two attached hydrogens (primary N) is 1. The van der Waals surface area contributed by atoms with Gasteiger partial charge in [0.1, 0.15) is 5.75 Å². The van der Waals surface area contributed by atoms with Gasteiger partial charge in [0, 0.05) is 6.04 Å². The number of hydrogen-bond acceptors (Lipinski definition) is 2. The molecule has 0 saturated carbocycles. The Morgan fingerprint density at radius 3 is 2.32 bits per heavy atom. The Labute approximate surface area is 121 Å². The van der Waals surface area contributed by atoms with E-state index in [2.05, 4.69) is 26.0 Å². The molecule has 0 amide bonds. The monoisotopic (exact) mass is 279 g/mol. The number of halogens is 1. The van der Waals surface area contributed by atoms with Crippen molar-refractivity contribution in [3.05, 3.63) is 42.0 Å². The number of hydrogen-bond donors (Lipinski definition) is 2. The van der Waals surface area contributed by atoms with Crippen LogP contribution in [-0.4, -0.2) is 5.11 Å². The quantitative estimate of drug-likeness (QED) is 0.871. The lowest BCUT2D eigenvalue weighted by molar-refractivity contribution is 0.476. The molecule has 0 aliphatic carbocycles. The van der Waals surface area contributed by atoms with Gasteiger partial charge < -0.3 is 10.8 Å². The maximum Gasteiger partial charge on any atom is 0.116 e. The molecule has 0 radical (unpaired) electrons. The molecule has 3 N–H and O–H groups in total. The molecule has 1 atom stereocenters. The van der Waals surface area contributed by atoms with Crippen molar-refractivity contribution in [2.45, 2.75) is 32.7 Å². The highest BCUT2D eigenvalue weighted by Gasteiger charge is 2.08. The normalized spacial score (nSPS) is 12.4. The van der Waals surface area contributed by atoms with Crippen LogP contribution in [0.5, 0.6) is 5.75 Å². The Kier molecular flexibility index (Phi) is 5.64. The fourth-order valence-electron chi connectivity index (χ4n) is 2.16. The Morgan fingerprint density at radius 2 is 1.63 bits per heavy atom. The minimum absolute atomic E-state index is 0. The standard InChI is InChI=1S/C16H21NO.ClH/c1-11(2)3-8-16(17)14-5-4-13-10-15(18)7-6-12(13)9-14;/h4-7,9-11,16,18H,3,8,17H2,1-2H3;1H/t16-;/m1./s1. The summed E-state index contributed by atoms with van der Waals surface area (Å²) in [6.07, 6.45) is 2.16. The minimum Gasteiger partial charge on any atom is -0.508 e. The fraction of sp³-hybridized carbons (Fsp3) is 0.375. The van der Waals surface area contributed by atoms with E-state index < -0.39 is 0 Å². The number of benzene rings is 2. The molecule has 0 aromatic heterocycles. The molecule has 0 bridgehead atoms. The van der Waals surface area contributed by atoms with Crippen LogP contribution in [0.15, 0.2) is 36.4 Å². The third kappa shape index (κ3) is 4.12. The van der Waals surface area contributed by atoms with E-state index in [0.29, 0.717) is 11.7 Å². The lowest BCUT2D eigenvalue weighted by atomic mass is 9.96. The zero-order valence-corrected chi connectivity index (χ0v) is 12.3. The molecule has 0 unspecified atom stereocenters. The summed E-state index contributed by atoms with van der Waals surface area (Å²) in [5.74, 6) is 0.993. The number of fused-ring (bicyclic) bond motifs is 1. The van der Waals surface area contributed by atoms with Gasteiger partial charge in [-0.15, -0.1) is 12.4 Å². The molecular formula is C16H22ClNO. The molecule has 3 heteroatoms. The van der Waals surface area contributed by atoms with Crippen molar-refractivity contribution in [3.63, 3.8) is 0 Å². The molecule has 0 heterocycles. The van der Waals surface area contributed by atoms with Crippen LogP contribution in [-0.2, 0) is 0 Å². The number of aromatic hydroxyl groups is 1. The Hall–Kier alpha value is -1.25. The Bertz CT molecular complexity index is 539. The summed E-state index contributed by atoms with van der Waals surface area (Å²) >= 11 is 0. The summed E-state index contributed by atoms with van der Waals surface area (Å²) in [6.45, 7) is 4.44. The summed E-state index contributed by atoms with van der Waals surface area (Å²) in [6, 6.07) is 11.7. The second-order valence-corrected chi connectivity index (χ2v) is 5.37. The summed E-state index contributed by atoms with van der Waals surface area (Å²) in [5.41, 5.74) is 7.39. The number of phenolic OH excluding ortho intramolecular Hbond substituents is 1. The molecule has 2 rings (SSSR count). The molecule has 2 aromatic rings. The summed E-state index contributed by atoms with van der Waals surface area (Å²) in [4.78, 5) is 0. The van der Waals surface area contributed by atoms with Crippen LogP contribution >= 0.6 is 12.4 Å². The minimum atomic E-state index is 0. The molecule has 0 fully saturated rings. The predicted molar refractivity (Wildman–Crippen MR) is 83.9 cm³/mol. The molecule has 19 heavy (non-hydrogen) atoms. The zero-order valence-electron chi connectivity index (χ0n) is 11.5. The molecule has 2 aromatic carbocycles. The smallest absolute Gasteiger partial charge is 0.116 e. The van der Waals surface area contributed by atoms with Crippen LogP contribution in [0.1, 0.15) is 38.3 Å². The molecule has 0 saturated heterocycles. The highest BCUT2D eigenvalue weighted by atomic mass is 35.5. The first-order valence-electron chi connectivity index (χ1n) is 6.54. The van der Waals surface area contributed by atoms with Crippen molar-refractivity contribution in [2.24, 2.45) is 11.7 Å². The van der Waals surface area contributed by atoms with Gasteiger partial charge >= 0.3 is 0 Å². The molecule has 0 aliphatic rings. The maximum absolute atomic E-state index is 9.43. The lowest BCUT2D eigenvalue weighted by Crippen LogP contribution is -2.11. The van der Waals surface area contributed by atoms with E-state index in [4.69, 9.17) is 5.73 Å². The van der Waals surface area contributed by atoms with Crippen LogP contribution in [0, 0.1) is 5.92 Å². The van der Waals surface area contributed by atoms with Gasteiger partial charge in [-0.3, -0.25) is 0 Å². The van der Waals surface area contributed by atoms with Gasteiger partial charge in [0.2, 0.25) is 0 Å². The van der Waals surface area contributed by atoms with Gasteiger partial charge in [-0.05, 0) is 53.3 Å². The van der Waals surface area contributed by atoms with E-state index in [1.165, 1.54) is 5.56 Å². The highest BCUT2D eigenvalue weighted by Crippen LogP contribution is 2.25. The SMILES string of the molecule is CC(C)CC[C@@H](N)c1ccc2cc(O)ccc2c1.Cl. The second-order valence-electron chi connectivity index (χ2n) is 5.37. The van der Waals surface area contributed by atoms with Gasteiger partial charge in [0.15, 0.2) is 0 Å². The largest absolute Gasteiger partial charge is 0.508 e. The fourth-order valence-corrected chi connectivity index (χ4v) is 2.16. The van der Waals surface area contributed by atoms with E-state index in [0.717, 1.165) is 23.6 Å².